The molecule has 0 saturated carbocycles. The molecule has 3 rings (SSSR count). The van der Waals surface area contributed by atoms with Gasteiger partial charge in [-0.25, -0.2) is 0 Å². The molecule has 17 unspecified atom stereocenters. The average Bonchev–Trinajstić information content (AvgIpc) is 0.780. The van der Waals surface area contributed by atoms with E-state index in [4.69, 9.17) is 28.4 Å². The summed E-state index contributed by atoms with van der Waals surface area (Å²) in [5, 5.41) is 121. The number of ether oxygens (including phenoxy) is 6. The molecule has 0 aromatic heterocycles. The van der Waals surface area contributed by atoms with Crippen LogP contribution in [0.2, 0.25) is 0 Å². The summed E-state index contributed by atoms with van der Waals surface area (Å²) in [6.45, 7) is 1.78. The molecule has 0 aromatic rings. The summed E-state index contributed by atoms with van der Waals surface area (Å²) in [5.41, 5.74) is 0. The van der Waals surface area contributed by atoms with Crippen LogP contribution in [0.3, 0.4) is 0 Å². The second-order valence-corrected chi connectivity index (χ2v) is 33.5. The number of unbranched alkanes of at least 4 members (excludes halogenated alkanes) is 55. The Labute approximate surface area is 682 Å². The minimum atomic E-state index is -1.98. The van der Waals surface area contributed by atoms with E-state index in [9.17, 15) is 61.0 Å². The predicted octanol–water partition coefficient (Wildman–Crippen LogP) is 18.4. The van der Waals surface area contributed by atoms with Crippen molar-refractivity contribution in [2.75, 3.05) is 26.4 Å². The van der Waals surface area contributed by atoms with E-state index in [1.807, 2.05) is 6.08 Å². The first-order chi connectivity index (χ1) is 54.8. The van der Waals surface area contributed by atoms with E-state index in [-0.39, 0.29) is 18.9 Å². The zero-order valence-electron chi connectivity index (χ0n) is 71.2. The van der Waals surface area contributed by atoms with Crippen LogP contribution in [-0.2, 0) is 33.2 Å². The van der Waals surface area contributed by atoms with Gasteiger partial charge in [0.2, 0.25) is 5.91 Å². The van der Waals surface area contributed by atoms with E-state index in [2.05, 4.69) is 55.6 Å². The fourth-order valence-electron chi connectivity index (χ4n) is 15.9. The average molecular weight is 1590 g/mol. The Balaban J connectivity index is 1.30. The zero-order valence-corrected chi connectivity index (χ0v) is 71.2. The van der Waals surface area contributed by atoms with Crippen LogP contribution in [0, 0.1) is 0 Å². The molecule has 3 saturated heterocycles. The number of aliphatic hydroxyl groups excluding tert-OH is 11. The standard InChI is InChI=1S/C93H173NO18/c1-3-5-7-9-11-13-15-17-19-21-23-25-27-29-31-33-34-35-36-37-38-39-40-41-42-43-45-47-49-51-53-55-57-59-61-63-65-67-69-71-81(99)94-76(77(98)70-68-66-64-62-60-58-56-54-52-50-48-46-44-32-30-28-26-24-22-20-18-16-14-12-10-8-6-4-2)75-107-91-87(105)84(102)89(79(73-96)109-91)112-93-88(106)85(103)90(80(74-97)110-93)111-92-86(104)83(101)82(100)78(72-95)108-92/h15,17,21,23,60,62,68,70,76-80,82-93,95-98,100-106H,3-14,16,18-20,22,24-59,61,63-67,69,71-75H2,1-2H3,(H,94,99)/b17-15-,23-21-,62-60+,70-68+. The number of carbonyl (C=O) groups is 1. The summed E-state index contributed by atoms with van der Waals surface area (Å²) >= 11 is 0. The quantitative estimate of drug-likeness (QED) is 0.0199. The summed E-state index contributed by atoms with van der Waals surface area (Å²) in [5.74, 6) is -0.277. The monoisotopic (exact) mass is 1590 g/mol. The predicted molar refractivity (Wildman–Crippen MR) is 452 cm³/mol. The second kappa shape index (κ2) is 72.7. The summed E-state index contributed by atoms with van der Waals surface area (Å²) in [4.78, 5) is 13.5. The fourth-order valence-corrected chi connectivity index (χ4v) is 15.9. The van der Waals surface area contributed by atoms with Gasteiger partial charge in [0.1, 0.15) is 73.2 Å². The van der Waals surface area contributed by atoms with E-state index in [1.54, 1.807) is 6.08 Å². The highest BCUT2D eigenvalue weighted by Crippen LogP contribution is 2.34. The lowest BCUT2D eigenvalue weighted by atomic mass is 9.96. The molecule has 658 valence electrons. The number of hydrogen-bond donors (Lipinski definition) is 12. The SMILES string of the molecule is CCCCCCC/C=C\C/C=C\CCCCCCCCCCCCCCCCCCCCCCCCCCCCCC(=O)NC(COC1OC(CO)C(OC2OC(CO)C(OC3OC(CO)C(O)C(O)C3O)C(O)C2O)C(O)C1O)C(O)/C=C/CC/C=C/CCCCCCCCCCCCCCCCCCCCCCCC. The molecule has 0 bridgehead atoms. The van der Waals surface area contributed by atoms with Crippen molar-refractivity contribution in [2.45, 2.75) is 510 Å². The van der Waals surface area contributed by atoms with Crippen LogP contribution in [0.1, 0.15) is 406 Å². The van der Waals surface area contributed by atoms with E-state index in [0.717, 1.165) is 44.9 Å². The molecule has 12 N–H and O–H groups in total. The molecule has 17 atom stereocenters. The molecular weight excluding hydrogens is 1420 g/mol. The normalized spacial score (nSPS) is 25.1. The van der Waals surface area contributed by atoms with Crippen LogP contribution < -0.4 is 5.32 Å². The highest BCUT2D eigenvalue weighted by atomic mass is 16.8. The van der Waals surface area contributed by atoms with Crippen molar-refractivity contribution >= 4 is 5.91 Å². The summed E-state index contributed by atoms with van der Waals surface area (Å²) < 4.78 is 34.5. The van der Waals surface area contributed by atoms with Crippen molar-refractivity contribution in [1.29, 1.82) is 0 Å². The number of amides is 1. The van der Waals surface area contributed by atoms with Crippen molar-refractivity contribution in [3.05, 3.63) is 48.6 Å². The molecule has 1 amide bonds. The topological polar surface area (TPSA) is 307 Å². The smallest absolute Gasteiger partial charge is 0.220 e. The minimum Gasteiger partial charge on any atom is -0.394 e. The van der Waals surface area contributed by atoms with Crippen LogP contribution >= 0.6 is 0 Å². The fraction of sp³-hybridized carbons (Fsp3) is 0.903. The third kappa shape index (κ3) is 50.6. The Kier molecular flexibility index (Phi) is 67.5. The molecule has 3 heterocycles. The maximum atomic E-state index is 13.5. The largest absolute Gasteiger partial charge is 0.394 e. The van der Waals surface area contributed by atoms with Crippen molar-refractivity contribution in [3.8, 4) is 0 Å². The van der Waals surface area contributed by atoms with Crippen molar-refractivity contribution in [3.63, 3.8) is 0 Å². The molecule has 3 fully saturated rings. The first kappa shape index (κ1) is 104. The van der Waals surface area contributed by atoms with Gasteiger partial charge in [0, 0.05) is 6.42 Å². The second-order valence-electron chi connectivity index (χ2n) is 33.5. The van der Waals surface area contributed by atoms with E-state index < -0.39 is 124 Å². The molecule has 0 radical (unpaired) electrons. The third-order valence-electron chi connectivity index (χ3n) is 23.3. The Morgan fingerprint density at radius 1 is 0.321 bits per heavy atom. The van der Waals surface area contributed by atoms with Gasteiger partial charge in [-0.05, 0) is 64.2 Å². The molecule has 3 aliphatic rings. The molecule has 112 heavy (non-hydrogen) atoms. The van der Waals surface area contributed by atoms with Gasteiger partial charge >= 0.3 is 0 Å². The highest BCUT2D eigenvalue weighted by molar-refractivity contribution is 5.76. The van der Waals surface area contributed by atoms with Gasteiger partial charge in [0.15, 0.2) is 18.9 Å². The third-order valence-corrected chi connectivity index (χ3v) is 23.3. The van der Waals surface area contributed by atoms with E-state index in [1.165, 1.54) is 327 Å². The maximum absolute atomic E-state index is 13.5. The van der Waals surface area contributed by atoms with Crippen molar-refractivity contribution in [2.24, 2.45) is 0 Å². The molecule has 19 nitrogen and oxygen atoms in total. The zero-order chi connectivity index (χ0) is 81.0. The number of aliphatic hydroxyl groups is 11. The number of rotatable bonds is 77. The van der Waals surface area contributed by atoms with Crippen LogP contribution in [0.4, 0.5) is 0 Å². The number of nitrogens with one attached hydrogen (secondary N) is 1. The molecule has 0 aliphatic carbocycles. The van der Waals surface area contributed by atoms with Gasteiger partial charge in [0.25, 0.3) is 0 Å². The summed E-state index contributed by atoms with van der Waals surface area (Å²) in [6, 6.07) is -0.991. The lowest BCUT2D eigenvalue weighted by Gasteiger charge is -2.48. The molecule has 0 aromatic carbocycles. The number of hydrogen-bond acceptors (Lipinski definition) is 18. The first-order valence-electron chi connectivity index (χ1n) is 46.9. The van der Waals surface area contributed by atoms with E-state index >= 15 is 0 Å². The first-order valence-corrected chi connectivity index (χ1v) is 46.9. The molecule has 19 heteroatoms. The van der Waals surface area contributed by atoms with Gasteiger partial charge in [-0.2, -0.15) is 0 Å². The highest BCUT2D eigenvalue weighted by Gasteiger charge is 2.54. The summed E-state index contributed by atoms with van der Waals surface area (Å²) in [6.07, 6.45) is 68.6. The lowest BCUT2D eigenvalue weighted by molar-refractivity contribution is -0.379. The number of allylic oxidation sites excluding steroid dienone is 7. The Hall–Kier alpha value is -2.25. The van der Waals surface area contributed by atoms with Crippen LogP contribution in [0.15, 0.2) is 48.6 Å². The van der Waals surface area contributed by atoms with Gasteiger partial charge in [-0.15, -0.1) is 0 Å². The molecule has 3 aliphatic heterocycles. The van der Waals surface area contributed by atoms with Gasteiger partial charge in [-0.3, -0.25) is 4.79 Å². The Morgan fingerprint density at radius 2 is 0.598 bits per heavy atom. The molecular formula is C93H173NO18. The lowest BCUT2D eigenvalue weighted by Crippen LogP contribution is -2.66. The van der Waals surface area contributed by atoms with Crippen LogP contribution in [0.5, 0.6) is 0 Å². The molecule has 0 spiro atoms. The van der Waals surface area contributed by atoms with Gasteiger partial charge < -0.3 is 89.9 Å². The van der Waals surface area contributed by atoms with Crippen LogP contribution in [0.25, 0.3) is 0 Å². The Morgan fingerprint density at radius 3 is 0.946 bits per heavy atom. The van der Waals surface area contributed by atoms with Gasteiger partial charge in [0.05, 0.1) is 38.6 Å². The maximum Gasteiger partial charge on any atom is 0.220 e. The van der Waals surface area contributed by atoms with Crippen molar-refractivity contribution in [1.82, 2.24) is 5.32 Å². The van der Waals surface area contributed by atoms with Gasteiger partial charge in [-0.1, -0.05) is 383 Å². The van der Waals surface area contributed by atoms with Crippen molar-refractivity contribution < 1.29 is 89.4 Å². The van der Waals surface area contributed by atoms with Crippen LogP contribution in [-0.4, -0.2) is 193 Å². The van der Waals surface area contributed by atoms with E-state index in [0.29, 0.717) is 12.8 Å². The Bertz CT molecular complexity index is 2200. The summed E-state index contributed by atoms with van der Waals surface area (Å²) in [7, 11) is 0. The number of carbonyl (C=O) groups excluding carboxylic acids is 1. The minimum absolute atomic E-state index is 0.240.